The molecule has 0 spiro atoms. The average Bonchev–Trinajstić information content (AvgIpc) is 2.47. The SMILES string of the molecule is CSC1CCCCC1NC(=O)c1ccccc1C(=O)O. The highest BCUT2D eigenvalue weighted by atomic mass is 32.2. The van der Waals surface area contributed by atoms with Crippen molar-refractivity contribution in [2.24, 2.45) is 0 Å². The van der Waals surface area contributed by atoms with E-state index in [1.54, 1.807) is 30.0 Å². The maximum Gasteiger partial charge on any atom is 0.336 e. The molecule has 0 aromatic heterocycles. The van der Waals surface area contributed by atoms with Crippen LogP contribution in [-0.2, 0) is 0 Å². The fraction of sp³-hybridized carbons (Fsp3) is 0.467. The van der Waals surface area contributed by atoms with E-state index in [-0.39, 0.29) is 23.1 Å². The Morgan fingerprint density at radius 1 is 1.20 bits per heavy atom. The molecule has 108 valence electrons. The minimum atomic E-state index is -1.07. The van der Waals surface area contributed by atoms with Gasteiger partial charge in [0.25, 0.3) is 5.91 Å². The van der Waals surface area contributed by atoms with Gasteiger partial charge in [0.1, 0.15) is 0 Å². The Bertz CT molecular complexity index is 504. The first-order valence-electron chi connectivity index (χ1n) is 6.79. The Labute approximate surface area is 123 Å². The smallest absolute Gasteiger partial charge is 0.336 e. The maximum absolute atomic E-state index is 12.3. The maximum atomic E-state index is 12.3. The average molecular weight is 293 g/mol. The van der Waals surface area contributed by atoms with Crippen molar-refractivity contribution in [3.05, 3.63) is 35.4 Å². The Kier molecular flexibility index (Phi) is 5.06. The molecule has 2 atom stereocenters. The van der Waals surface area contributed by atoms with Gasteiger partial charge in [0.15, 0.2) is 0 Å². The first-order valence-corrected chi connectivity index (χ1v) is 8.08. The number of carbonyl (C=O) groups is 2. The number of hydrogen-bond donors (Lipinski definition) is 2. The van der Waals surface area contributed by atoms with Crippen molar-refractivity contribution in [3.8, 4) is 0 Å². The molecule has 0 saturated heterocycles. The lowest BCUT2D eigenvalue weighted by atomic mass is 9.94. The van der Waals surface area contributed by atoms with E-state index in [9.17, 15) is 9.59 Å². The Hall–Kier alpha value is -1.49. The molecule has 5 heteroatoms. The van der Waals surface area contributed by atoms with Crippen LogP contribution in [0.2, 0.25) is 0 Å². The summed E-state index contributed by atoms with van der Waals surface area (Å²) in [6, 6.07) is 6.48. The number of thioether (sulfide) groups is 1. The molecule has 0 aliphatic heterocycles. The molecule has 1 aliphatic rings. The minimum Gasteiger partial charge on any atom is -0.478 e. The van der Waals surface area contributed by atoms with Crippen LogP contribution in [0.4, 0.5) is 0 Å². The van der Waals surface area contributed by atoms with Gasteiger partial charge < -0.3 is 10.4 Å². The highest BCUT2D eigenvalue weighted by Crippen LogP contribution is 2.27. The molecule has 2 N–H and O–H groups in total. The summed E-state index contributed by atoms with van der Waals surface area (Å²) in [6.45, 7) is 0. The molecule has 1 saturated carbocycles. The van der Waals surface area contributed by atoms with Gasteiger partial charge in [-0.25, -0.2) is 4.79 Å². The molecule has 1 aliphatic carbocycles. The van der Waals surface area contributed by atoms with Gasteiger partial charge in [-0.3, -0.25) is 4.79 Å². The monoisotopic (exact) mass is 293 g/mol. The summed E-state index contributed by atoms with van der Waals surface area (Å²) < 4.78 is 0. The molecule has 0 radical (unpaired) electrons. The third kappa shape index (κ3) is 3.33. The number of carbonyl (C=O) groups excluding carboxylic acids is 1. The topological polar surface area (TPSA) is 66.4 Å². The van der Waals surface area contributed by atoms with E-state index in [4.69, 9.17) is 5.11 Å². The van der Waals surface area contributed by atoms with E-state index >= 15 is 0 Å². The summed E-state index contributed by atoms with van der Waals surface area (Å²) in [5, 5.41) is 12.6. The number of benzene rings is 1. The van der Waals surface area contributed by atoms with Crippen molar-refractivity contribution < 1.29 is 14.7 Å². The zero-order chi connectivity index (χ0) is 14.5. The van der Waals surface area contributed by atoms with E-state index in [1.807, 2.05) is 0 Å². The van der Waals surface area contributed by atoms with Crippen LogP contribution < -0.4 is 5.32 Å². The fourth-order valence-electron chi connectivity index (χ4n) is 2.66. The summed E-state index contributed by atoms with van der Waals surface area (Å²) in [5.74, 6) is -1.35. The van der Waals surface area contributed by atoms with Crippen LogP contribution in [0.1, 0.15) is 46.4 Å². The summed E-state index contributed by atoms with van der Waals surface area (Å²) in [4.78, 5) is 23.5. The number of amides is 1. The van der Waals surface area contributed by atoms with Gasteiger partial charge in [-0.1, -0.05) is 25.0 Å². The van der Waals surface area contributed by atoms with Crippen LogP contribution in [0.25, 0.3) is 0 Å². The second-order valence-corrected chi connectivity index (χ2v) is 6.07. The van der Waals surface area contributed by atoms with Crippen molar-refractivity contribution in [2.45, 2.75) is 37.0 Å². The lowest BCUT2D eigenvalue weighted by Crippen LogP contribution is -2.44. The van der Waals surface area contributed by atoms with Crippen LogP contribution in [0.3, 0.4) is 0 Å². The third-order valence-corrected chi connectivity index (χ3v) is 4.89. The molecule has 1 fully saturated rings. The van der Waals surface area contributed by atoms with Crippen LogP contribution >= 0.6 is 11.8 Å². The number of aromatic carboxylic acids is 1. The van der Waals surface area contributed by atoms with Crippen molar-refractivity contribution in [2.75, 3.05) is 6.26 Å². The summed E-state index contributed by atoms with van der Waals surface area (Å²) in [5.41, 5.74) is 0.298. The van der Waals surface area contributed by atoms with E-state index in [2.05, 4.69) is 11.6 Å². The lowest BCUT2D eigenvalue weighted by molar-refractivity contribution is 0.0690. The lowest BCUT2D eigenvalue weighted by Gasteiger charge is -2.31. The first kappa shape index (κ1) is 14.9. The van der Waals surface area contributed by atoms with Gasteiger partial charge in [0.2, 0.25) is 0 Å². The molecular formula is C15H19NO3S. The normalized spacial score (nSPS) is 22.2. The van der Waals surface area contributed by atoms with Crippen molar-refractivity contribution in [1.29, 1.82) is 0 Å². The molecule has 1 aromatic carbocycles. The third-order valence-electron chi connectivity index (χ3n) is 3.72. The fourth-order valence-corrected chi connectivity index (χ4v) is 3.59. The molecule has 4 nitrogen and oxygen atoms in total. The van der Waals surface area contributed by atoms with E-state index in [0.717, 1.165) is 19.3 Å². The number of carboxylic acid groups (broad SMARTS) is 1. The molecule has 1 amide bonds. The van der Waals surface area contributed by atoms with Gasteiger partial charge in [0.05, 0.1) is 11.1 Å². The Balaban J connectivity index is 2.13. The zero-order valence-corrected chi connectivity index (χ0v) is 12.3. The van der Waals surface area contributed by atoms with Crippen LogP contribution in [-0.4, -0.2) is 34.5 Å². The van der Waals surface area contributed by atoms with E-state index in [1.165, 1.54) is 12.5 Å². The number of nitrogens with one attached hydrogen (secondary N) is 1. The van der Waals surface area contributed by atoms with Crippen molar-refractivity contribution in [1.82, 2.24) is 5.32 Å². The van der Waals surface area contributed by atoms with Gasteiger partial charge in [0, 0.05) is 11.3 Å². The largest absolute Gasteiger partial charge is 0.478 e. The predicted molar refractivity (Wildman–Crippen MR) is 80.4 cm³/mol. The molecule has 0 heterocycles. The van der Waals surface area contributed by atoms with Gasteiger partial charge >= 0.3 is 5.97 Å². The van der Waals surface area contributed by atoms with Crippen LogP contribution in [0.5, 0.6) is 0 Å². The van der Waals surface area contributed by atoms with Gasteiger partial charge in [-0.15, -0.1) is 0 Å². The second-order valence-electron chi connectivity index (χ2n) is 4.99. The van der Waals surface area contributed by atoms with Crippen molar-refractivity contribution >= 4 is 23.6 Å². The highest BCUT2D eigenvalue weighted by Gasteiger charge is 2.27. The molecular weight excluding hydrogens is 274 g/mol. The van der Waals surface area contributed by atoms with E-state index < -0.39 is 5.97 Å². The van der Waals surface area contributed by atoms with E-state index in [0.29, 0.717) is 5.25 Å². The van der Waals surface area contributed by atoms with Gasteiger partial charge in [-0.2, -0.15) is 11.8 Å². The minimum absolute atomic E-state index is 0.0570. The molecule has 2 rings (SSSR count). The molecule has 1 aromatic rings. The van der Waals surface area contributed by atoms with Crippen molar-refractivity contribution in [3.63, 3.8) is 0 Å². The number of rotatable bonds is 4. The van der Waals surface area contributed by atoms with Crippen LogP contribution in [0, 0.1) is 0 Å². The summed E-state index contributed by atoms with van der Waals surface area (Å²) in [6.07, 6.45) is 6.44. The zero-order valence-electron chi connectivity index (χ0n) is 11.5. The van der Waals surface area contributed by atoms with Crippen LogP contribution in [0.15, 0.2) is 24.3 Å². The summed E-state index contributed by atoms with van der Waals surface area (Å²) in [7, 11) is 0. The summed E-state index contributed by atoms with van der Waals surface area (Å²) >= 11 is 1.77. The number of hydrogen-bond acceptors (Lipinski definition) is 3. The predicted octanol–water partition coefficient (Wildman–Crippen LogP) is 2.79. The highest BCUT2D eigenvalue weighted by molar-refractivity contribution is 7.99. The second kappa shape index (κ2) is 6.79. The Morgan fingerprint density at radius 3 is 2.50 bits per heavy atom. The molecule has 0 bridgehead atoms. The quantitative estimate of drug-likeness (QED) is 0.896. The first-order chi connectivity index (χ1) is 9.63. The van der Waals surface area contributed by atoms with Gasteiger partial charge in [-0.05, 0) is 31.2 Å². The number of carboxylic acids is 1. The Morgan fingerprint density at radius 2 is 1.85 bits per heavy atom. The molecule has 2 unspecified atom stereocenters. The standard InChI is InChI=1S/C15H19NO3S/c1-20-13-9-5-4-8-12(13)16-14(17)10-6-2-3-7-11(10)15(18)19/h2-3,6-7,12-13H,4-5,8-9H2,1H3,(H,16,17)(H,18,19). The molecule has 20 heavy (non-hydrogen) atoms.